The number of amides is 1. The maximum Gasteiger partial charge on any atom is 0.260 e. The Balaban J connectivity index is 0.00000380. The van der Waals surface area contributed by atoms with Crippen molar-refractivity contribution in [2.24, 2.45) is 0 Å². The van der Waals surface area contributed by atoms with Gasteiger partial charge in [0.25, 0.3) is 5.91 Å². The second kappa shape index (κ2) is 13.1. The molecular weight excluding hydrogens is 532 g/mol. The molecule has 0 aliphatic carbocycles. The van der Waals surface area contributed by atoms with E-state index >= 15 is 0 Å². The molecule has 1 aliphatic heterocycles. The standard InChI is InChI=1S/C26H34N4O4S2.ClH/c1-4-29(5-2)16-17-30(26-27-23-10-6-7-11-24(23)35-26)25(31)20-12-14-22(15-13-20)36(32,33)28(3)19-21-9-8-18-34-21;/h6-7,10-15,21H,4-5,8-9,16-19H2,1-3H3;1H. The highest BCUT2D eigenvalue weighted by atomic mass is 35.5. The van der Waals surface area contributed by atoms with Crippen molar-refractivity contribution in [1.82, 2.24) is 14.2 Å². The molecule has 8 nitrogen and oxygen atoms in total. The number of anilines is 1. The zero-order valence-corrected chi connectivity index (χ0v) is 23.9. The zero-order chi connectivity index (χ0) is 25.7. The Hall–Kier alpha value is -2.08. The van der Waals surface area contributed by atoms with Crippen LogP contribution in [0.2, 0.25) is 0 Å². The second-order valence-electron chi connectivity index (χ2n) is 8.89. The number of nitrogens with zero attached hydrogens (tertiary/aromatic N) is 4. The molecular formula is C26H35ClN4O4S2. The Kier molecular flexibility index (Phi) is 10.5. The van der Waals surface area contributed by atoms with Crippen molar-refractivity contribution in [2.45, 2.75) is 37.7 Å². The Labute approximate surface area is 229 Å². The van der Waals surface area contributed by atoms with Crippen LogP contribution in [0.15, 0.2) is 53.4 Å². The number of carbonyl (C=O) groups is 1. The predicted molar refractivity (Wildman–Crippen MR) is 152 cm³/mol. The van der Waals surface area contributed by atoms with Crippen molar-refractivity contribution >= 4 is 55.0 Å². The van der Waals surface area contributed by atoms with Crippen LogP contribution in [0.3, 0.4) is 0 Å². The summed E-state index contributed by atoms with van der Waals surface area (Å²) in [5.74, 6) is -0.196. The van der Waals surface area contributed by atoms with E-state index in [1.807, 2.05) is 24.3 Å². The molecule has 1 saturated heterocycles. The first kappa shape index (κ1) is 29.5. The van der Waals surface area contributed by atoms with Gasteiger partial charge in [0.1, 0.15) is 0 Å². The molecule has 1 amide bonds. The molecule has 11 heteroatoms. The third kappa shape index (κ3) is 6.87. The average molecular weight is 567 g/mol. The summed E-state index contributed by atoms with van der Waals surface area (Å²) in [7, 11) is -2.11. The van der Waals surface area contributed by atoms with E-state index in [-0.39, 0.29) is 29.3 Å². The lowest BCUT2D eigenvalue weighted by molar-refractivity contribution is 0.0978. The van der Waals surface area contributed by atoms with E-state index in [9.17, 15) is 13.2 Å². The first-order valence-corrected chi connectivity index (χ1v) is 14.7. The number of hydrogen-bond donors (Lipinski definition) is 0. The second-order valence-corrected chi connectivity index (χ2v) is 11.9. The number of ether oxygens (including phenoxy) is 1. The number of hydrogen-bond acceptors (Lipinski definition) is 7. The monoisotopic (exact) mass is 566 g/mol. The van der Waals surface area contributed by atoms with Crippen molar-refractivity contribution in [3.8, 4) is 0 Å². The van der Waals surface area contributed by atoms with Gasteiger partial charge in [-0.1, -0.05) is 37.3 Å². The number of carbonyl (C=O) groups excluding carboxylic acids is 1. The zero-order valence-electron chi connectivity index (χ0n) is 21.5. The predicted octanol–water partition coefficient (Wildman–Crippen LogP) is 4.51. The number of likely N-dealkylation sites (N-methyl/N-ethyl adjacent to an activating group) is 2. The minimum atomic E-state index is -3.68. The highest BCUT2D eigenvalue weighted by Gasteiger charge is 2.27. The van der Waals surface area contributed by atoms with Crippen molar-refractivity contribution in [3.63, 3.8) is 0 Å². The minimum Gasteiger partial charge on any atom is -0.377 e. The van der Waals surface area contributed by atoms with Crippen LogP contribution in [-0.4, -0.2) is 81.0 Å². The van der Waals surface area contributed by atoms with Crippen LogP contribution >= 0.6 is 23.7 Å². The van der Waals surface area contributed by atoms with Crippen molar-refractivity contribution < 1.29 is 17.9 Å². The first-order chi connectivity index (χ1) is 17.3. The quantitative estimate of drug-likeness (QED) is 0.340. The number of fused-ring (bicyclic) bond motifs is 1. The number of rotatable bonds is 11. The molecule has 0 spiro atoms. The minimum absolute atomic E-state index is 0. The summed E-state index contributed by atoms with van der Waals surface area (Å²) in [6.45, 7) is 8.19. The van der Waals surface area contributed by atoms with Crippen LogP contribution in [0.25, 0.3) is 10.2 Å². The van der Waals surface area contributed by atoms with E-state index in [1.165, 1.54) is 27.8 Å². The van der Waals surface area contributed by atoms with E-state index in [2.05, 4.69) is 18.7 Å². The van der Waals surface area contributed by atoms with Gasteiger partial charge < -0.3 is 9.64 Å². The molecule has 1 fully saturated rings. The fourth-order valence-electron chi connectivity index (χ4n) is 4.32. The highest BCUT2D eigenvalue weighted by molar-refractivity contribution is 7.89. The van der Waals surface area contributed by atoms with E-state index in [0.717, 1.165) is 42.7 Å². The van der Waals surface area contributed by atoms with Gasteiger partial charge in [0, 0.05) is 38.9 Å². The third-order valence-corrected chi connectivity index (χ3v) is 9.48. The Bertz CT molecular complexity index is 1240. The smallest absolute Gasteiger partial charge is 0.260 e. The van der Waals surface area contributed by atoms with Crippen LogP contribution < -0.4 is 4.90 Å². The summed E-state index contributed by atoms with van der Waals surface area (Å²) >= 11 is 1.48. The van der Waals surface area contributed by atoms with Crippen LogP contribution in [-0.2, 0) is 14.8 Å². The number of halogens is 1. The molecule has 1 aliphatic rings. The van der Waals surface area contributed by atoms with Crippen LogP contribution in [0.1, 0.15) is 37.0 Å². The molecule has 3 aromatic rings. The molecule has 37 heavy (non-hydrogen) atoms. The molecule has 4 rings (SSSR count). The Morgan fingerprint density at radius 3 is 2.41 bits per heavy atom. The maximum atomic E-state index is 13.6. The Morgan fingerprint density at radius 1 is 1.08 bits per heavy atom. The fraction of sp³-hybridized carbons (Fsp3) is 0.462. The number of aromatic nitrogens is 1. The molecule has 0 N–H and O–H groups in total. The van der Waals surface area contributed by atoms with Crippen LogP contribution in [0, 0.1) is 0 Å². The molecule has 0 radical (unpaired) electrons. The first-order valence-electron chi connectivity index (χ1n) is 12.4. The largest absolute Gasteiger partial charge is 0.377 e. The molecule has 202 valence electrons. The van der Waals surface area contributed by atoms with Gasteiger partial charge in [-0.3, -0.25) is 9.69 Å². The summed E-state index contributed by atoms with van der Waals surface area (Å²) in [6.07, 6.45) is 1.75. The molecule has 1 unspecified atom stereocenters. The van der Waals surface area contributed by atoms with E-state index < -0.39 is 10.0 Å². The van der Waals surface area contributed by atoms with E-state index in [4.69, 9.17) is 9.72 Å². The van der Waals surface area contributed by atoms with Crippen molar-refractivity contribution in [2.75, 3.05) is 51.3 Å². The number of sulfonamides is 1. The molecule has 2 aromatic carbocycles. The van der Waals surface area contributed by atoms with Crippen molar-refractivity contribution in [3.05, 3.63) is 54.1 Å². The molecule has 2 heterocycles. The maximum absolute atomic E-state index is 13.6. The number of para-hydroxylation sites is 1. The summed E-state index contributed by atoms with van der Waals surface area (Å²) in [5.41, 5.74) is 1.28. The van der Waals surface area contributed by atoms with Gasteiger partial charge in [-0.25, -0.2) is 13.4 Å². The number of benzene rings is 2. The molecule has 1 aromatic heterocycles. The lowest BCUT2D eigenvalue weighted by Gasteiger charge is -2.25. The highest BCUT2D eigenvalue weighted by Crippen LogP contribution is 2.30. The van der Waals surface area contributed by atoms with Crippen LogP contribution in [0.4, 0.5) is 5.13 Å². The lowest BCUT2D eigenvalue weighted by Crippen LogP contribution is -2.39. The van der Waals surface area contributed by atoms with Crippen molar-refractivity contribution in [1.29, 1.82) is 0 Å². The van der Waals surface area contributed by atoms with Crippen LogP contribution in [0.5, 0.6) is 0 Å². The normalized spacial score (nSPS) is 15.9. The average Bonchev–Trinajstić information content (AvgIpc) is 3.56. The van der Waals surface area contributed by atoms with E-state index in [0.29, 0.717) is 30.4 Å². The van der Waals surface area contributed by atoms with Gasteiger partial charge in [0.15, 0.2) is 5.13 Å². The fourth-order valence-corrected chi connectivity index (χ4v) is 6.51. The summed E-state index contributed by atoms with van der Waals surface area (Å²) < 4.78 is 34.1. The lowest BCUT2D eigenvalue weighted by atomic mass is 10.2. The molecule has 0 saturated carbocycles. The molecule has 1 atom stereocenters. The van der Waals surface area contributed by atoms with E-state index in [1.54, 1.807) is 24.1 Å². The summed E-state index contributed by atoms with van der Waals surface area (Å²) in [5, 5.41) is 0.640. The molecule has 0 bridgehead atoms. The topological polar surface area (TPSA) is 83.1 Å². The third-order valence-electron chi connectivity index (χ3n) is 6.59. The summed E-state index contributed by atoms with van der Waals surface area (Å²) in [6, 6.07) is 14.0. The van der Waals surface area contributed by atoms with Gasteiger partial charge in [-0.05, 0) is 62.3 Å². The van der Waals surface area contributed by atoms with Gasteiger partial charge in [0.05, 0.1) is 21.2 Å². The Morgan fingerprint density at radius 2 is 1.78 bits per heavy atom. The van der Waals surface area contributed by atoms with Gasteiger partial charge in [0.2, 0.25) is 10.0 Å². The van der Waals surface area contributed by atoms with Gasteiger partial charge >= 0.3 is 0 Å². The summed E-state index contributed by atoms with van der Waals surface area (Å²) in [4.78, 5) is 22.5. The number of thiazole rings is 1. The van der Waals surface area contributed by atoms with Gasteiger partial charge in [-0.15, -0.1) is 12.4 Å². The van der Waals surface area contributed by atoms with Gasteiger partial charge in [-0.2, -0.15) is 4.31 Å². The SMILES string of the molecule is CCN(CC)CCN(C(=O)c1ccc(S(=O)(=O)N(C)CC2CCCO2)cc1)c1nc2ccccc2s1.Cl.